The maximum Gasteiger partial charge on any atom is 0.334 e. The van der Waals surface area contributed by atoms with E-state index in [4.69, 9.17) is 21.3 Å². The smallest absolute Gasteiger partial charge is 0.334 e. The van der Waals surface area contributed by atoms with Crippen molar-refractivity contribution >= 4 is 46.3 Å². The molecule has 4 rings (SSSR count). The highest BCUT2D eigenvalue weighted by molar-refractivity contribution is 7.99. The van der Waals surface area contributed by atoms with E-state index in [9.17, 15) is 4.79 Å². The van der Waals surface area contributed by atoms with Crippen molar-refractivity contribution < 1.29 is 9.53 Å². The summed E-state index contributed by atoms with van der Waals surface area (Å²) in [6.07, 6.45) is 2.35. The Morgan fingerprint density at radius 1 is 1.20 bits per heavy atom. The summed E-state index contributed by atoms with van der Waals surface area (Å²) < 4.78 is 4.97. The zero-order valence-corrected chi connectivity index (χ0v) is 15.0. The van der Waals surface area contributed by atoms with Crippen LogP contribution in [0, 0.1) is 0 Å². The van der Waals surface area contributed by atoms with Crippen molar-refractivity contribution in [1.82, 2.24) is 4.98 Å². The second-order valence-electron chi connectivity index (χ2n) is 5.74. The van der Waals surface area contributed by atoms with Crippen molar-refractivity contribution in [3.8, 4) is 0 Å². The van der Waals surface area contributed by atoms with E-state index in [1.54, 1.807) is 0 Å². The summed E-state index contributed by atoms with van der Waals surface area (Å²) in [6.45, 7) is 0. The van der Waals surface area contributed by atoms with Crippen LogP contribution in [0.3, 0.4) is 0 Å². The minimum absolute atomic E-state index is 0.336. The molecule has 3 nitrogen and oxygen atoms in total. The molecule has 0 unspecified atom stereocenters. The summed E-state index contributed by atoms with van der Waals surface area (Å²) in [5.41, 5.74) is 3.39. The second-order valence-corrected chi connectivity index (χ2v) is 7.15. The van der Waals surface area contributed by atoms with Gasteiger partial charge in [-0.15, -0.1) is 0 Å². The molecule has 0 spiro atoms. The van der Waals surface area contributed by atoms with Crippen molar-refractivity contribution in [3.05, 3.63) is 70.3 Å². The van der Waals surface area contributed by atoms with Gasteiger partial charge in [0.25, 0.3) is 0 Å². The first-order chi connectivity index (χ1) is 12.2. The summed E-state index contributed by atoms with van der Waals surface area (Å²) in [4.78, 5) is 18.0. The minimum Gasteiger partial charge on any atom is -0.466 e. The van der Waals surface area contributed by atoms with E-state index in [-0.39, 0.29) is 5.97 Å². The first-order valence-electron chi connectivity index (χ1n) is 7.79. The summed E-state index contributed by atoms with van der Waals surface area (Å²) in [7, 11) is 1.40. The number of pyridine rings is 1. The van der Waals surface area contributed by atoms with Gasteiger partial charge in [-0.05, 0) is 29.8 Å². The summed E-state index contributed by atoms with van der Waals surface area (Å²) >= 11 is 7.97. The highest BCUT2D eigenvalue weighted by atomic mass is 35.5. The van der Waals surface area contributed by atoms with E-state index in [0.29, 0.717) is 17.0 Å². The number of hydrogen-bond acceptors (Lipinski definition) is 4. The lowest BCUT2D eigenvalue weighted by Gasteiger charge is -2.17. The van der Waals surface area contributed by atoms with Crippen LogP contribution in [0.1, 0.15) is 11.1 Å². The first-order valence-corrected chi connectivity index (χ1v) is 8.99. The molecular weight excluding hydrogens is 354 g/mol. The van der Waals surface area contributed by atoms with Crippen LogP contribution in [0.15, 0.2) is 64.0 Å². The molecule has 0 saturated heterocycles. The fourth-order valence-corrected chi connectivity index (χ4v) is 4.23. The molecule has 0 N–H and O–H groups in total. The van der Waals surface area contributed by atoms with Gasteiger partial charge in [-0.1, -0.05) is 53.7 Å². The largest absolute Gasteiger partial charge is 0.466 e. The maximum absolute atomic E-state index is 12.2. The second kappa shape index (κ2) is 6.54. The lowest BCUT2D eigenvalue weighted by Crippen LogP contribution is -2.09. The molecule has 1 aliphatic rings. The lowest BCUT2D eigenvalue weighted by molar-refractivity contribution is -0.136. The maximum atomic E-state index is 12.2. The Morgan fingerprint density at radius 3 is 2.88 bits per heavy atom. The van der Waals surface area contributed by atoms with Gasteiger partial charge in [-0.25, -0.2) is 9.78 Å². The Kier molecular flexibility index (Phi) is 4.24. The number of carbonyl (C=O) groups excluding carboxylic acids is 1. The number of hydrogen-bond donors (Lipinski definition) is 0. The topological polar surface area (TPSA) is 39.2 Å². The van der Waals surface area contributed by atoms with Gasteiger partial charge >= 0.3 is 5.97 Å². The van der Waals surface area contributed by atoms with Crippen LogP contribution in [0.2, 0.25) is 5.02 Å². The molecule has 0 atom stereocenters. The zero-order valence-electron chi connectivity index (χ0n) is 13.5. The van der Waals surface area contributed by atoms with Crippen molar-refractivity contribution in [2.24, 2.45) is 0 Å². The molecule has 0 aliphatic carbocycles. The van der Waals surface area contributed by atoms with E-state index in [1.165, 1.54) is 18.9 Å². The fraction of sp³-hybridized carbons (Fsp3) is 0.100. The number of rotatable bonds is 1. The average Bonchev–Trinajstić information content (AvgIpc) is 2.61. The Labute approximate surface area is 154 Å². The molecule has 0 saturated carbocycles. The third-order valence-corrected chi connectivity index (χ3v) is 5.76. The van der Waals surface area contributed by atoms with Gasteiger partial charge in [-0.2, -0.15) is 0 Å². The average molecular weight is 368 g/mol. The molecule has 0 radical (unpaired) electrons. The van der Waals surface area contributed by atoms with Crippen LogP contribution in [0.25, 0.3) is 17.0 Å². The van der Waals surface area contributed by atoms with Crippen LogP contribution in [0.5, 0.6) is 0 Å². The molecule has 0 amide bonds. The van der Waals surface area contributed by atoms with Crippen LogP contribution in [-0.2, 0) is 16.0 Å². The SMILES string of the molecule is COC(=O)/C1=C/c2cc3ccccc3nc2Sc2c(Cl)cccc2C1. The lowest BCUT2D eigenvalue weighted by atomic mass is 10.0. The number of fused-ring (bicyclic) bond motifs is 3. The fourth-order valence-electron chi connectivity index (χ4n) is 2.91. The summed E-state index contributed by atoms with van der Waals surface area (Å²) in [6, 6.07) is 15.7. The van der Waals surface area contributed by atoms with Crippen molar-refractivity contribution in [1.29, 1.82) is 0 Å². The Bertz CT molecular complexity index is 1030. The molecule has 2 heterocycles. The van der Waals surface area contributed by atoms with Crippen molar-refractivity contribution in [3.63, 3.8) is 0 Å². The monoisotopic (exact) mass is 367 g/mol. The molecular formula is C20H14ClNO2S. The molecule has 124 valence electrons. The number of para-hydroxylation sites is 1. The molecule has 25 heavy (non-hydrogen) atoms. The van der Waals surface area contributed by atoms with E-state index in [1.807, 2.05) is 48.5 Å². The normalized spacial score (nSPS) is 15.4. The molecule has 1 aliphatic heterocycles. The van der Waals surface area contributed by atoms with E-state index in [0.717, 1.165) is 32.0 Å². The molecule has 1 aromatic heterocycles. The molecule has 0 bridgehead atoms. The number of esters is 1. The van der Waals surface area contributed by atoms with Crippen molar-refractivity contribution in [2.45, 2.75) is 16.3 Å². The molecule has 3 aromatic rings. The standard InChI is InChI=1S/C20H14ClNO2S/c1-24-20(23)15-10-13-6-4-7-16(21)18(13)25-19-14(11-15)9-12-5-2-3-8-17(12)22-19/h2-9,11H,10H2,1H3/b15-11+. The number of ether oxygens (including phenoxy) is 1. The molecule has 2 aromatic carbocycles. The first kappa shape index (κ1) is 16.2. The number of carbonyl (C=O) groups is 1. The number of nitrogens with zero attached hydrogens (tertiary/aromatic N) is 1. The Morgan fingerprint density at radius 2 is 2.04 bits per heavy atom. The van der Waals surface area contributed by atoms with Gasteiger partial charge in [0, 0.05) is 27.8 Å². The molecule has 5 heteroatoms. The van der Waals surface area contributed by atoms with Gasteiger partial charge in [0.05, 0.1) is 17.6 Å². The number of benzene rings is 2. The van der Waals surface area contributed by atoms with Crippen LogP contribution in [-0.4, -0.2) is 18.1 Å². The summed E-state index contributed by atoms with van der Waals surface area (Å²) in [5, 5.41) is 2.52. The van der Waals surface area contributed by atoms with Crippen molar-refractivity contribution in [2.75, 3.05) is 7.11 Å². The zero-order chi connectivity index (χ0) is 17.4. The van der Waals surface area contributed by atoms with Gasteiger partial charge < -0.3 is 4.74 Å². The highest BCUT2D eigenvalue weighted by Crippen LogP contribution is 2.40. The quantitative estimate of drug-likeness (QED) is 0.557. The molecule has 0 fully saturated rings. The van der Waals surface area contributed by atoms with Gasteiger partial charge in [-0.3, -0.25) is 0 Å². The Hall–Kier alpha value is -2.30. The number of aromatic nitrogens is 1. The predicted molar refractivity (Wildman–Crippen MR) is 101 cm³/mol. The van der Waals surface area contributed by atoms with Gasteiger partial charge in [0.2, 0.25) is 0 Å². The summed E-state index contributed by atoms with van der Waals surface area (Å²) in [5.74, 6) is -0.336. The van der Waals surface area contributed by atoms with Gasteiger partial charge in [0.15, 0.2) is 0 Å². The number of methoxy groups -OCH3 is 1. The van der Waals surface area contributed by atoms with Crippen LogP contribution in [0.4, 0.5) is 0 Å². The third kappa shape index (κ3) is 3.03. The van der Waals surface area contributed by atoms with E-state index < -0.39 is 0 Å². The third-order valence-electron chi connectivity index (χ3n) is 4.12. The van der Waals surface area contributed by atoms with E-state index >= 15 is 0 Å². The van der Waals surface area contributed by atoms with Gasteiger partial charge in [0.1, 0.15) is 5.03 Å². The van der Waals surface area contributed by atoms with Crippen LogP contribution < -0.4 is 0 Å². The highest BCUT2D eigenvalue weighted by Gasteiger charge is 2.21. The Balaban J connectivity index is 1.99. The van der Waals surface area contributed by atoms with E-state index in [2.05, 4.69) is 6.07 Å². The predicted octanol–water partition coefficient (Wildman–Crippen LogP) is 5.15. The number of halogens is 1. The minimum atomic E-state index is -0.336. The van der Waals surface area contributed by atoms with Crippen LogP contribution >= 0.6 is 23.4 Å².